The van der Waals surface area contributed by atoms with Crippen LogP contribution in [-0.4, -0.2) is 0 Å². The molecule has 25 heavy (non-hydrogen) atoms. The van der Waals surface area contributed by atoms with Crippen LogP contribution in [-0.2, 0) is 12.8 Å². The van der Waals surface area contributed by atoms with Crippen molar-refractivity contribution in [3.8, 4) is 11.1 Å². The molecule has 0 nitrogen and oxygen atoms in total. The van der Waals surface area contributed by atoms with Crippen LogP contribution in [0.25, 0.3) is 22.8 Å². The maximum atomic E-state index is 2.37. The molecule has 0 bridgehead atoms. The van der Waals surface area contributed by atoms with Crippen molar-refractivity contribution in [1.29, 1.82) is 0 Å². The van der Waals surface area contributed by atoms with Crippen LogP contribution in [0.5, 0.6) is 0 Å². The highest BCUT2D eigenvalue weighted by atomic mass is 14.2. The van der Waals surface area contributed by atoms with Crippen LogP contribution in [0.4, 0.5) is 0 Å². The summed E-state index contributed by atoms with van der Waals surface area (Å²) in [6.07, 6.45) is 6.80. The first-order valence-corrected chi connectivity index (χ1v) is 9.17. The number of allylic oxidation sites excluding steroid dienone is 1. The molecule has 3 aromatic rings. The Labute approximate surface area is 150 Å². The molecule has 0 aromatic heterocycles. The summed E-state index contributed by atoms with van der Waals surface area (Å²) in [4.78, 5) is 0. The molecule has 0 amide bonds. The molecule has 0 atom stereocenters. The molecule has 0 heteroatoms. The third kappa shape index (κ3) is 2.82. The van der Waals surface area contributed by atoms with Crippen LogP contribution in [0.3, 0.4) is 0 Å². The molecule has 4 rings (SSSR count). The van der Waals surface area contributed by atoms with E-state index in [1.807, 2.05) is 0 Å². The van der Waals surface area contributed by atoms with Crippen molar-refractivity contribution >= 4 is 11.6 Å². The molecule has 0 N–H and O–H groups in total. The Balaban J connectivity index is 1.92. The van der Waals surface area contributed by atoms with Crippen LogP contribution in [0.1, 0.15) is 41.7 Å². The highest BCUT2D eigenvalue weighted by Gasteiger charge is 2.21. The van der Waals surface area contributed by atoms with Gasteiger partial charge in [-0.2, -0.15) is 0 Å². The molecule has 3 aromatic carbocycles. The van der Waals surface area contributed by atoms with Crippen LogP contribution < -0.4 is 0 Å². The first kappa shape index (κ1) is 15.9. The fourth-order valence-electron chi connectivity index (χ4n) is 3.81. The zero-order valence-corrected chi connectivity index (χ0v) is 14.9. The Bertz CT molecular complexity index is 930. The van der Waals surface area contributed by atoms with Gasteiger partial charge in [0.15, 0.2) is 0 Å². The molecule has 0 fully saturated rings. The Hall–Kier alpha value is -2.60. The monoisotopic (exact) mass is 323 g/mol. The van der Waals surface area contributed by atoms with Crippen molar-refractivity contribution < 1.29 is 0 Å². The van der Waals surface area contributed by atoms with Gasteiger partial charge in [-0.25, -0.2) is 0 Å². The molecule has 0 saturated carbocycles. The fourth-order valence-corrected chi connectivity index (χ4v) is 3.81. The average molecular weight is 323 g/mol. The molecule has 0 unspecified atom stereocenters. The van der Waals surface area contributed by atoms with Gasteiger partial charge >= 0.3 is 0 Å². The van der Waals surface area contributed by atoms with Crippen LogP contribution in [0.2, 0.25) is 0 Å². The Kier molecular flexibility index (Phi) is 4.28. The fraction of sp³-hybridized carbons (Fsp3) is 0.160. The maximum Gasteiger partial charge on any atom is 0.0211 e. The highest BCUT2D eigenvalue weighted by molar-refractivity contribution is 5.99. The Morgan fingerprint density at radius 2 is 1.40 bits per heavy atom. The standard InChI is InChI=1S/C25H23/c1-3-18-10-8-9-13-23(18)25-19(4-2)14-15-21-16-22(17-24(21)25)20-11-6-5-7-12-20/h5-17H,3-4H2,1-2H3. The van der Waals surface area contributed by atoms with Gasteiger partial charge in [0.25, 0.3) is 0 Å². The Morgan fingerprint density at radius 1 is 0.680 bits per heavy atom. The first-order chi connectivity index (χ1) is 12.3. The summed E-state index contributed by atoms with van der Waals surface area (Å²) in [5.74, 6) is 0. The molecule has 0 heterocycles. The molecule has 1 aliphatic carbocycles. The van der Waals surface area contributed by atoms with Gasteiger partial charge < -0.3 is 0 Å². The molecule has 123 valence electrons. The third-order valence-electron chi connectivity index (χ3n) is 5.13. The quantitative estimate of drug-likeness (QED) is 0.508. The van der Waals surface area contributed by atoms with Crippen LogP contribution in [0.15, 0.2) is 66.7 Å². The second-order valence-corrected chi connectivity index (χ2v) is 6.58. The molecule has 0 saturated heterocycles. The normalized spacial score (nSPS) is 12.8. The lowest BCUT2D eigenvalue weighted by Crippen LogP contribution is -1.96. The van der Waals surface area contributed by atoms with Crippen molar-refractivity contribution in [2.75, 3.05) is 0 Å². The summed E-state index contributed by atoms with van der Waals surface area (Å²) >= 11 is 0. The number of benzene rings is 3. The van der Waals surface area contributed by atoms with Gasteiger partial charge in [0.2, 0.25) is 0 Å². The van der Waals surface area contributed by atoms with E-state index in [4.69, 9.17) is 0 Å². The molecule has 1 aliphatic rings. The first-order valence-electron chi connectivity index (χ1n) is 9.17. The smallest absolute Gasteiger partial charge is 0.0211 e. The highest BCUT2D eigenvalue weighted by Crippen LogP contribution is 2.41. The molecular formula is C25H23. The van der Waals surface area contributed by atoms with Crippen LogP contribution in [0, 0.1) is 6.42 Å². The van der Waals surface area contributed by atoms with E-state index < -0.39 is 0 Å². The number of hydrogen-bond donors (Lipinski definition) is 0. The van der Waals surface area contributed by atoms with Gasteiger partial charge in [-0.05, 0) is 63.4 Å². The minimum atomic E-state index is 1.05. The van der Waals surface area contributed by atoms with Gasteiger partial charge in [-0.3, -0.25) is 0 Å². The average Bonchev–Trinajstić information content (AvgIpc) is 3.12. The number of rotatable bonds is 4. The summed E-state index contributed by atoms with van der Waals surface area (Å²) < 4.78 is 0. The lowest BCUT2D eigenvalue weighted by molar-refractivity contribution is 1.12. The van der Waals surface area contributed by atoms with E-state index in [1.54, 1.807) is 0 Å². The van der Waals surface area contributed by atoms with E-state index in [1.165, 1.54) is 44.5 Å². The minimum absolute atomic E-state index is 1.05. The van der Waals surface area contributed by atoms with E-state index in [0.717, 1.165) is 12.8 Å². The summed E-state index contributed by atoms with van der Waals surface area (Å²) in [6.45, 7) is 4.49. The van der Waals surface area contributed by atoms with Crippen molar-refractivity contribution in [2.24, 2.45) is 0 Å². The Morgan fingerprint density at radius 3 is 2.16 bits per heavy atom. The van der Waals surface area contributed by atoms with Crippen molar-refractivity contribution in [3.05, 3.63) is 101 Å². The zero-order valence-electron chi connectivity index (χ0n) is 14.9. The zero-order chi connectivity index (χ0) is 17.2. The minimum Gasteiger partial charge on any atom is -0.0622 e. The topological polar surface area (TPSA) is 0 Å². The lowest BCUT2D eigenvalue weighted by Gasteiger charge is -2.16. The van der Waals surface area contributed by atoms with Crippen molar-refractivity contribution in [2.45, 2.75) is 26.7 Å². The maximum absolute atomic E-state index is 2.37. The van der Waals surface area contributed by atoms with Gasteiger partial charge in [-0.15, -0.1) is 0 Å². The second kappa shape index (κ2) is 6.72. The third-order valence-corrected chi connectivity index (χ3v) is 5.13. The van der Waals surface area contributed by atoms with Crippen molar-refractivity contribution in [1.82, 2.24) is 0 Å². The van der Waals surface area contributed by atoms with E-state index in [-0.39, 0.29) is 0 Å². The van der Waals surface area contributed by atoms with E-state index in [9.17, 15) is 0 Å². The summed E-state index contributed by atoms with van der Waals surface area (Å²) in [5, 5.41) is 0. The largest absolute Gasteiger partial charge is 0.0622 e. The summed E-state index contributed by atoms with van der Waals surface area (Å²) in [6, 6.07) is 24.1. The van der Waals surface area contributed by atoms with Gasteiger partial charge in [0, 0.05) is 6.42 Å². The number of aryl methyl sites for hydroxylation is 2. The van der Waals surface area contributed by atoms with E-state index >= 15 is 0 Å². The van der Waals surface area contributed by atoms with Crippen LogP contribution >= 0.6 is 0 Å². The molecule has 0 aliphatic heterocycles. The molecular weight excluding hydrogens is 300 g/mol. The summed E-state index contributed by atoms with van der Waals surface area (Å²) in [7, 11) is 0. The van der Waals surface area contributed by atoms with E-state index in [2.05, 4.69) is 93.1 Å². The van der Waals surface area contributed by atoms with Gasteiger partial charge in [-0.1, -0.05) is 80.6 Å². The van der Waals surface area contributed by atoms with Crippen molar-refractivity contribution in [3.63, 3.8) is 0 Å². The predicted octanol–water partition coefficient (Wildman–Crippen LogP) is 6.58. The van der Waals surface area contributed by atoms with E-state index in [0.29, 0.717) is 0 Å². The second-order valence-electron chi connectivity index (χ2n) is 6.58. The predicted molar refractivity (Wildman–Crippen MR) is 108 cm³/mol. The van der Waals surface area contributed by atoms with Gasteiger partial charge in [0.05, 0.1) is 0 Å². The number of hydrogen-bond acceptors (Lipinski definition) is 0. The summed E-state index contributed by atoms with van der Waals surface area (Å²) in [5.41, 5.74) is 10.9. The lowest BCUT2D eigenvalue weighted by atomic mass is 9.88. The SMILES string of the molecule is CCc1ccccc1-c1c(CC)ccc2c1C=C(c1ccccc1)[CH]2. The number of fused-ring (bicyclic) bond motifs is 1. The molecule has 0 spiro atoms. The molecule has 1 radical (unpaired) electrons. The van der Waals surface area contributed by atoms with Gasteiger partial charge in [0.1, 0.15) is 0 Å².